The normalized spacial score (nSPS) is 15.2. The predicted octanol–water partition coefficient (Wildman–Crippen LogP) is 1.70. The molecule has 0 aromatic rings. The molecule has 3 heteroatoms. The molecule has 78 valence electrons. The fourth-order valence-corrected chi connectivity index (χ4v) is 1.64. The summed E-state index contributed by atoms with van der Waals surface area (Å²) in [5.74, 6) is 0.807. The standard InChI is InChI=1S/C10H21NOS/c1-4-5-7-10(2)11-8-6-9-13(3)12/h4,10-11H,1,5-9H2,2-3H3. The number of hydrogen-bond acceptors (Lipinski definition) is 2. The van der Waals surface area contributed by atoms with E-state index in [1.165, 1.54) is 0 Å². The lowest BCUT2D eigenvalue weighted by Gasteiger charge is -2.11. The topological polar surface area (TPSA) is 29.1 Å². The summed E-state index contributed by atoms with van der Waals surface area (Å²) in [5, 5.41) is 3.39. The first-order chi connectivity index (χ1) is 6.16. The second-order valence-electron chi connectivity index (χ2n) is 3.35. The van der Waals surface area contributed by atoms with Gasteiger partial charge < -0.3 is 5.32 Å². The van der Waals surface area contributed by atoms with Crippen molar-refractivity contribution in [2.24, 2.45) is 0 Å². The SMILES string of the molecule is C=CCCC(C)NCCCS(C)=O. The van der Waals surface area contributed by atoms with E-state index in [9.17, 15) is 4.21 Å². The van der Waals surface area contributed by atoms with Crippen LogP contribution in [-0.4, -0.2) is 28.8 Å². The minimum absolute atomic E-state index is 0.545. The molecule has 0 saturated carbocycles. The minimum Gasteiger partial charge on any atom is -0.314 e. The van der Waals surface area contributed by atoms with Gasteiger partial charge in [0, 0.05) is 28.9 Å². The van der Waals surface area contributed by atoms with Gasteiger partial charge in [-0.05, 0) is 32.7 Å². The van der Waals surface area contributed by atoms with Gasteiger partial charge >= 0.3 is 0 Å². The molecule has 0 aliphatic rings. The first kappa shape index (κ1) is 12.8. The summed E-state index contributed by atoms with van der Waals surface area (Å²) in [6, 6.07) is 0.545. The van der Waals surface area contributed by atoms with E-state index in [0.717, 1.165) is 31.6 Å². The molecule has 0 aromatic heterocycles. The maximum Gasteiger partial charge on any atom is 0.0244 e. The van der Waals surface area contributed by atoms with Crippen molar-refractivity contribution in [1.29, 1.82) is 0 Å². The summed E-state index contributed by atoms with van der Waals surface area (Å²) in [5.41, 5.74) is 0. The van der Waals surface area contributed by atoms with Crippen LogP contribution in [0.4, 0.5) is 0 Å². The molecule has 0 rings (SSSR count). The van der Waals surface area contributed by atoms with Gasteiger partial charge in [-0.3, -0.25) is 4.21 Å². The molecule has 1 N–H and O–H groups in total. The minimum atomic E-state index is -0.642. The summed E-state index contributed by atoms with van der Waals surface area (Å²) in [7, 11) is -0.642. The van der Waals surface area contributed by atoms with E-state index in [1.54, 1.807) is 6.26 Å². The summed E-state index contributed by atoms with van der Waals surface area (Å²) < 4.78 is 10.7. The Morgan fingerprint density at radius 1 is 1.62 bits per heavy atom. The highest BCUT2D eigenvalue weighted by Crippen LogP contribution is 1.96. The molecule has 0 heterocycles. The van der Waals surface area contributed by atoms with Crippen molar-refractivity contribution in [1.82, 2.24) is 5.32 Å². The van der Waals surface area contributed by atoms with Gasteiger partial charge in [-0.25, -0.2) is 0 Å². The summed E-state index contributed by atoms with van der Waals surface area (Å²) in [6.45, 7) is 6.83. The summed E-state index contributed by atoms with van der Waals surface area (Å²) in [4.78, 5) is 0. The Hall–Kier alpha value is -0.150. The summed E-state index contributed by atoms with van der Waals surface area (Å²) >= 11 is 0. The van der Waals surface area contributed by atoms with Crippen LogP contribution in [0.5, 0.6) is 0 Å². The largest absolute Gasteiger partial charge is 0.314 e. The monoisotopic (exact) mass is 203 g/mol. The van der Waals surface area contributed by atoms with E-state index >= 15 is 0 Å². The zero-order valence-electron chi connectivity index (χ0n) is 8.71. The van der Waals surface area contributed by atoms with Gasteiger partial charge in [0.1, 0.15) is 0 Å². The third-order valence-electron chi connectivity index (χ3n) is 1.91. The third kappa shape index (κ3) is 9.77. The number of hydrogen-bond donors (Lipinski definition) is 1. The van der Waals surface area contributed by atoms with E-state index in [0.29, 0.717) is 6.04 Å². The average molecular weight is 203 g/mol. The lowest BCUT2D eigenvalue weighted by molar-refractivity contribution is 0.518. The van der Waals surface area contributed by atoms with E-state index in [2.05, 4.69) is 18.8 Å². The van der Waals surface area contributed by atoms with Crippen molar-refractivity contribution >= 4 is 10.8 Å². The number of rotatable bonds is 8. The molecular weight excluding hydrogens is 182 g/mol. The molecule has 0 aliphatic heterocycles. The first-order valence-corrected chi connectivity index (χ1v) is 6.54. The molecule has 13 heavy (non-hydrogen) atoms. The maximum atomic E-state index is 10.7. The van der Waals surface area contributed by atoms with Crippen LogP contribution in [0, 0.1) is 0 Å². The zero-order chi connectivity index (χ0) is 10.1. The highest BCUT2D eigenvalue weighted by molar-refractivity contribution is 7.84. The molecular formula is C10H21NOS. The highest BCUT2D eigenvalue weighted by atomic mass is 32.2. The summed E-state index contributed by atoms with van der Waals surface area (Å²) in [6.07, 6.45) is 6.90. The molecule has 0 bridgehead atoms. The molecule has 0 aliphatic carbocycles. The van der Waals surface area contributed by atoms with Crippen molar-refractivity contribution in [2.45, 2.75) is 32.2 Å². The molecule has 0 aromatic carbocycles. The molecule has 2 atom stereocenters. The zero-order valence-corrected chi connectivity index (χ0v) is 9.53. The number of nitrogens with one attached hydrogen (secondary N) is 1. The van der Waals surface area contributed by atoms with Gasteiger partial charge in [-0.15, -0.1) is 6.58 Å². The van der Waals surface area contributed by atoms with E-state index in [1.807, 2.05) is 6.08 Å². The molecule has 0 spiro atoms. The fourth-order valence-electron chi connectivity index (χ4n) is 1.09. The van der Waals surface area contributed by atoms with Gasteiger partial charge in [0.2, 0.25) is 0 Å². The Bertz CT molecular complexity index is 159. The van der Waals surface area contributed by atoms with Crippen LogP contribution in [0.1, 0.15) is 26.2 Å². The van der Waals surface area contributed by atoms with Crippen molar-refractivity contribution in [2.75, 3.05) is 18.6 Å². The third-order valence-corrected chi connectivity index (χ3v) is 2.77. The van der Waals surface area contributed by atoms with Gasteiger partial charge in [0.05, 0.1) is 0 Å². The van der Waals surface area contributed by atoms with E-state index < -0.39 is 10.8 Å². The van der Waals surface area contributed by atoms with Crippen LogP contribution in [0.3, 0.4) is 0 Å². The van der Waals surface area contributed by atoms with Crippen LogP contribution in [0.15, 0.2) is 12.7 Å². The van der Waals surface area contributed by atoms with Crippen LogP contribution < -0.4 is 5.32 Å². The molecule has 0 saturated heterocycles. The lowest BCUT2D eigenvalue weighted by Crippen LogP contribution is -2.27. The Morgan fingerprint density at radius 3 is 2.85 bits per heavy atom. The van der Waals surface area contributed by atoms with E-state index in [-0.39, 0.29) is 0 Å². The predicted molar refractivity (Wildman–Crippen MR) is 60.4 cm³/mol. The quantitative estimate of drug-likeness (QED) is 0.480. The van der Waals surface area contributed by atoms with Crippen molar-refractivity contribution in [3.63, 3.8) is 0 Å². The Labute approximate surface area is 84.3 Å². The smallest absolute Gasteiger partial charge is 0.0244 e. The Morgan fingerprint density at radius 2 is 2.31 bits per heavy atom. The van der Waals surface area contributed by atoms with Crippen LogP contribution in [-0.2, 0) is 10.8 Å². The van der Waals surface area contributed by atoms with Crippen molar-refractivity contribution in [3.8, 4) is 0 Å². The second-order valence-corrected chi connectivity index (χ2v) is 4.91. The van der Waals surface area contributed by atoms with Gasteiger partial charge in [0.15, 0.2) is 0 Å². The Balaban J connectivity index is 3.21. The Kier molecular flexibility index (Phi) is 8.35. The second kappa shape index (κ2) is 8.45. The first-order valence-electron chi connectivity index (χ1n) is 4.81. The number of allylic oxidation sites excluding steroid dienone is 1. The van der Waals surface area contributed by atoms with Crippen molar-refractivity contribution in [3.05, 3.63) is 12.7 Å². The fraction of sp³-hybridized carbons (Fsp3) is 0.800. The van der Waals surface area contributed by atoms with Crippen LogP contribution in [0.25, 0.3) is 0 Å². The molecule has 2 nitrogen and oxygen atoms in total. The maximum absolute atomic E-state index is 10.7. The lowest BCUT2D eigenvalue weighted by atomic mass is 10.2. The van der Waals surface area contributed by atoms with Gasteiger partial charge in [-0.2, -0.15) is 0 Å². The van der Waals surface area contributed by atoms with Crippen LogP contribution in [0.2, 0.25) is 0 Å². The van der Waals surface area contributed by atoms with Crippen LogP contribution >= 0.6 is 0 Å². The van der Waals surface area contributed by atoms with Crippen molar-refractivity contribution < 1.29 is 4.21 Å². The molecule has 0 fully saturated rings. The molecule has 2 unspecified atom stereocenters. The highest BCUT2D eigenvalue weighted by Gasteiger charge is 1.98. The van der Waals surface area contributed by atoms with E-state index in [4.69, 9.17) is 0 Å². The van der Waals surface area contributed by atoms with Gasteiger partial charge in [-0.1, -0.05) is 6.08 Å². The van der Waals surface area contributed by atoms with Gasteiger partial charge in [0.25, 0.3) is 0 Å². The molecule has 0 radical (unpaired) electrons. The molecule has 0 amide bonds. The average Bonchev–Trinajstić information content (AvgIpc) is 2.08.